The van der Waals surface area contributed by atoms with Crippen molar-refractivity contribution in [3.63, 3.8) is 0 Å². The van der Waals surface area contributed by atoms with Crippen molar-refractivity contribution in [2.24, 2.45) is 5.92 Å². The monoisotopic (exact) mass is 145 g/mol. The van der Waals surface area contributed by atoms with Gasteiger partial charge in [0.15, 0.2) is 0 Å². The second kappa shape index (κ2) is 4.25. The highest BCUT2D eigenvalue weighted by atomic mass is 16.6. The molecule has 0 saturated heterocycles. The van der Waals surface area contributed by atoms with Gasteiger partial charge in [0.2, 0.25) is 6.04 Å². The highest BCUT2D eigenvalue weighted by molar-refractivity contribution is 4.59. The van der Waals surface area contributed by atoms with Crippen molar-refractivity contribution in [3.05, 3.63) is 10.1 Å². The summed E-state index contributed by atoms with van der Waals surface area (Å²) in [6.45, 7) is 5.76. The van der Waals surface area contributed by atoms with Gasteiger partial charge in [-0.15, -0.1) is 0 Å². The molecule has 60 valence electrons. The Balaban J connectivity index is 3.85. The van der Waals surface area contributed by atoms with Crippen LogP contribution in [-0.4, -0.2) is 11.0 Å². The number of nitrogens with zero attached hydrogens (tertiary/aromatic N) is 1. The van der Waals surface area contributed by atoms with Crippen molar-refractivity contribution in [1.29, 1.82) is 0 Å². The van der Waals surface area contributed by atoms with Gasteiger partial charge in [-0.2, -0.15) is 0 Å². The lowest BCUT2D eigenvalue weighted by Gasteiger charge is -2.10. The highest BCUT2D eigenvalue weighted by Crippen LogP contribution is 2.10. The smallest absolute Gasteiger partial charge is 0.215 e. The maximum absolute atomic E-state index is 10.3. The van der Waals surface area contributed by atoms with E-state index >= 15 is 0 Å². The summed E-state index contributed by atoms with van der Waals surface area (Å²) in [5, 5.41) is 10.3. The van der Waals surface area contributed by atoms with E-state index in [1.165, 1.54) is 0 Å². The fourth-order valence-electron chi connectivity index (χ4n) is 0.978. The number of hydrogen-bond donors (Lipinski definition) is 0. The Morgan fingerprint density at radius 1 is 1.50 bits per heavy atom. The number of nitro groups is 1. The summed E-state index contributed by atoms with van der Waals surface area (Å²) in [6.07, 6.45) is 1.59. The van der Waals surface area contributed by atoms with E-state index in [1.807, 2.05) is 20.8 Å². The van der Waals surface area contributed by atoms with Gasteiger partial charge in [-0.05, 0) is 6.42 Å². The molecule has 0 aliphatic carbocycles. The average Bonchev–Trinajstić information content (AvgIpc) is 1.81. The second-order valence-electron chi connectivity index (χ2n) is 2.89. The first-order chi connectivity index (χ1) is 4.59. The average molecular weight is 145 g/mol. The molecule has 3 heteroatoms. The third-order valence-corrected chi connectivity index (χ3v) is 1.62. The minimum atomic E-state index is -0.343. The molecule has 0 fully saturated rings. The highest BCUT2D eigenvalue weighted by Gasteiger charge is 2.22. The Bertz CT molecular complexity index is 112. The van der Waals surface area contributed by atoms with E-state index in [2.05, 4.69) is 0 Å². The van der Waals surface area contributed by atoms with Gasteiger partial charge in [-0.3, -0.25) is 10.1 Å². The Morgan fingerprint density at radius 2 is 2.00 bits per heavy atom. The summed E-state index contributed by atoms with van der Waals surface area (Å²) in [5.74, 6) is 0.162. The summed E-state index contributed by atoms with van der Waals surface area (Å²) in [5.41, 5.74) is 0. The largest absolute Gasteiger partial charge is 0.264 e. The molecule has 0 aliphatic rings. The predicted molar refractivity (Wildman–Crippen MR) is 40.5 cm³/mol. The van der Waals surface area contributed by atoms with Crippen molar-refractivity contribution in [1.82, 2.24) is 0 Å². The Hall–Kier alpha value is -0.600. The van der Waals surface area contributed by atoms with Crippen LogP contribution in [-0.2, 0) is 0 Å². The van der Waals surface area contributed by atoms with Gasteiger partial charge in [0, 0.05) is 17.3 Å². The molecule has 0 radical (unpaired) electrons. The van der Waals surface area contributed by atoms with Crippen LogP contribution in [0, 0.1) is 16.0 Å². The fraction of sp³-hybridized carbons (Fsp3) is 1.00. The molecule has 0 saturated carbocycles. The lowest BCUT2D eigenvalue weighted by atomic mass is 10.0. The van der Waals surface area contributed by atoms with Gasteiger partial charge in [0.25, 0.3) is 0 Å². The van der Waals surface area contributed by atoms with Gasteiger partial charge in [0.05, 0.1) is 0 Å². The van der Waals surface area contributed by atoms with Gasteiger partial charge in [-0.1, -0.05) is 20.8 Å². The summed E-state index contributed by atoms with van der Waals surface area (Å²) >= 11 is 0. The molecule has 0 aromatic carbocycles. The van der Waals surface area contributed by atoms with E-state index in [-0.39, 0.29) is 16.9 Å². The zero-order valence-corrected chi connectivity index (χ0v) is 6.83. The second-order valence-corrected chi connectivity index (χ2v) is 2.89. The molecule has 0 aromatic rings. The Kier molecular flexibility index (Phi) is 4.00. The summed E-state index contributed by atoms with van der Waals surface area (Å²) in [7, 11) is 0. The van der Waals surface area contributed by atoms with Crippen molar-refractivity contribution in [3.8, 4) is 0 Å². The third-order valence-electron chi connectivity index (χ3n) is 1.62. The Morgan fingerprint density at radius 3 is 2.10 bits per heavy atom. The molecule has 10 heavy (non-hydrogen) atoms. The molecule has 0 spiro atoms. The molecule has 0 rings (SSSR count). The standard InChI is InChI=1S/C7H15NO2/c1-4-5-7(6(2)3)8(9)10/h6-7H,4-5H2,1-3H3/t7-/m0/s1. The van der Waals surface area contributed by atoms with E-state index in [9.17, 15) is 10.1 Å². The first-order valence-corrected chi connectivity index (χ1v) is 3.73. The van der Waals surface area contributed by atoms with Crippen molar-refractivity contribution < 1.29 is 4.92 Å². The van der Waals surface area contributed by atoms with Gasteiger partial charge in [-0.25, -0.2) is 0 Å². The zero-order chi connectivity index (χ0) is 8.15. The van der Waals surface area contributed by atoms with Crippen LogP contribution in [0.4, 0.5) is 0 Å². The molecule has 0 aliphatic heterocycles. The number of hydrogen-bond acceptors (Lipinski definition) is 2. The first-order valence-electron chi connectivity index (χ1n) is 3.73. The zero-order valence-electron chi connectivity index (χ0n) is 6.83. The van der Waals surface area contributed by atoms with Crippen LogP contribution in [0.1, 0.15) is 33.6 Å². The van der Waals surface area contributed by atoms with Crippen LogP contribution in [0.2, 0.25) is 0 Å². The number of rotatable bonds is 4. The molecular weight excluding hydrogens is 130 g/mol. The first kappa shape index (κ1) is 9.40. The maximum atomic E-state index is 10.3. The van der Waals surface area contributed by atoms with Gasteiger partial charge in [0.1, 0.15) is 0 Å². The van der Waals surface area contributed by atoms with Crippen LogP contribution >= 0.6 is 0 Å². The fourth-order valence-corrected chi connectivity index (χ4v) is 0.978. The van der Waals surface area contributed by atoms with Crippen LogP contribution < -0.4 is 0 Å². The van der Waals surface area contributed by atoms with Crippen molar-refractivity contribution in [2.45, 2.75) is 39.7 Å². The quantitative estimate of drug-likeness (QED) is 0.449. The maximum Gasteiger partial charge on any atom is 0.215 e. The van der Waals surface area contributed by atoms with E-state index in [4.69, 9.17) is 0 Å². The van der Waals surface area contributed by atoms with Gasteiger partial charge < -0.3 is 0 Å². The third kappa shape index (κ3) is 2.80. The van der Waals surface area contributed by atoms with Crippen LogP contribution in [0.5, 0.6) is 0 Å². The Labute approximate surface area is 61.6 Å². The summed E-state index contributed by atoms with van der Waals surface area (Å²) < 4.78 is 0. The van der Waals surface area contributed by atoms with Crippen LogP contribution in [0.15, 0.2) is 0 Å². The molecule has 0 aromatic heterocycles. The molecule has 0 bridgehead atoms. The minimum absolute atomic E-state index is 0.162. The summed E-state index contributed by atoms with van der Waals surface area (Å²) in [6, 6.07) is -0.343. The van der Waals surface area contributed by atoms with E-state index in [1.54, 1.807) is 0 Å². The normalized spacial score (nSPS) is 13.6. The molecule has 1 atom stereocenters. The van der Waals surface area contributed by atoms with Crippen LogP contribution in [0.25, 0.3) is 0 Å². The summed E-state index contributed by atoms with van der Waals surface area (Å²) in [4.78, 5) is 10.2. The van der Waals surface area contributed by atoms with E-state index in [0.29, 0.717) is 6.42 Å². The SMILES string of the molecule is CCC[C@@H](C(C)C)[N+](=O)[O-]. The van der Waals surface area contributed by atoms with Crippen LogP contribution in [0.3, 0.4) is 0 Å². The van der Waals surface area contributed by atoms with Crippen molar-refractivity contribution >= 4 is 0 Å². The molecule has 0 heterocycles. The molecule has 0 unspecified atom stereocenters. The van der Waals surface area contributed by atoms with E-state index < -0.39 is 0 Å². The van der Waals surface area contributed by atoms with E-state index in [0.717, 1.165) is 6.42 Å². The topological polar surface area (TPSA) is 43.1 Å². The molecule has 0 N–H and O–H groups in total. The minimum Gasteiger partial charge on any atom is -0.264 e. The lowest BCUT2D eigenvalue weighted by molar-refractivity contribution is -0.531. The molecule has 0 amide bonds. The predicted octanol–water partition coefficient (Wildman–Crippen LogP) is 2.09. The molecule has 3 nitrogen and oxygen atoms in total. The van der Waals surface area contributed by atoms with Gasteiger partial charge >= 0.3 is 0 Å². The molecular formula is C7H15NO2. The lowest BCUT2D eigenvalue weighted by Crippen LogP contribution is -2.25. The van der Waals surface area contributed by atoms with Crippen molar-refractivity contribution in [2.75, 3.05) is 0 Å².